The van der Waals surface area contributed by atoms with Crippen molar-refractivity contribution in [2.45, 2.75) is 6.92 Å². The van der Waals surface area contributed by atoms with Gasteiger partial charge in [-0.05, 0) is 25.1 Å². The number of carbonyl (C=O) groups excluding carboxylic acids is 1. The Labute approximate surface area is 111 Å². The molecule has 3 N–H and O–H groups in total. The molecule has 0 aliphatic rings. The van der Waals surface area contributed by atoms with Crippen molar-refractivity contribution in [3.63, 3.8) is 0 Å². The van der Waals surface area contributed by atoms with Gasteiger partial charge in [0.2, 0.25) is 0 Å². The van der Waals surface area contributed by atoms with Crippen LogP contribution in [0.5, 0.6) is 5.75 Å². The van der Waals surface area contributed by atoms with Gasteiger partial charge in [0, 0.05) is 13.2 Å². The number of nitrogens with zero attached hydrogens (tertiary/aromatic N) is 2. The second-order valence-electron chi connectivity index (χ2n) is 3.85. The Morgan fingerprint density at radius 1 is 1.47 bits per heavy atom. The van der Waals surface area contributed by atoms with Crippen LogP contribution in [-0.4, -0.2) is 29.3 Å². The molecule has 0 fully saturated rings. The van der Waals surface area contributed by atoms with E-state index >= 15 is 0 Å². The Balaban J connectivity index is 2.39. The summed E-state index contributed by atoms with van der Waals surface area (Å²) in [6, 6.07) is 7.08. The lowest BCUT2D eigenvalue weighted by molar-refractivity contribution is 0.0957. The molecule has 1 heterocycles. The highest BCUT2D eigenvalue weighted by atomic mass is 16.5. The van der Waals surface area contributed by atoms with Crippen LogP contribution in [0.25, 0.3) is 5.69 Å². The van der Waals surface area contributed by atoms with Gasteiger partial charge in [-0.15, -0.1) is 0 Å². The highest BCUT2D eigenvalue weighted by Crippen LogP contribution is 2.27. The number of para-hydroxylation sites is 1. The van der Waals surface area contributed by atoms with Crippen LogP contribution < -0.4 is 15.8 Å². The number of hydrogen-bond donors (Lipinski definition) is 2. The smallest absolute Gasteiger partial charge is 0.271 e. The Morgan fingerprint density at radius 2 is 2.26 bits per heavy atom. The lowest BCUT2D eigenvalue weighted by Crippen LogP contribution is -2.18. The van der Waals surface area contributed by atoms with E-state index in [1.54, 1.807) is 30.1 Å². The third-order valence-electron chi connectivity index (χ3n) is 2.64. The summed E-state index contributed by atoms with van der Waals surface area (Å²) in [7, 11) is 1.56. The van der Waals surface area contributed by atoms with Crippen molar-refractivity contribution < 1.29 is 9.53 Å². The molecule has 0 aliphatic carbocycles. The fourth-order valence-electron chi connectivity index (χ4n) is 1.72. The zero-order valence-electron chi connectivity index (χ0n) is 10.9. The minimum atomic E-state index is -0.238. The monoisotopic (exact) mass is 260 g/mol. The largest absolute Gasteiger partial charge is 0.492 e. The molecule has 0 bridgehead atoms. The van der Waals surface area contributed by atoms with Crippen LogP contribution in [0.2, 0.25) is 0 Å². The summed E-state index contributed by atoms with van der Waals surface area (Å²) in [6.07, 6.45) is 1.69. The fraction of sp³-hybridized carbons (Fsp3) is 0.231. The lowest BCUT2D eigenvalue weighted by Gasteiger charge is -2.11. The highest BCUT2D eigenvalue weighted by Gasteiger charge is 2.11. The van der Waals surface area contributed by atoms with Gasteiger partial charge in [-0.25, -0.2) is 4.68 Å². The van der Waals surface area contributed by atoms with Crippen LogP contribution >= 0.6 is 0 Å². The van der Waals surface area contributed by atoms with Crippen molar-refractivity contribution in [2.24, 2.45) is 0 Å². The molecule has 0 spiro atoms. The maximum Gasteiger partial charge on any atom is 0.271 e. The van der Waals surface area contributed by atoms with Crippen molar-refractivity contribution in [3.8, 4) is 11.4 Å². The van der Waals surface area contributed by atoms with E-state index in [0.29, 0.717) is 29.4 Å². The summed E-state index contributed by atoms with van der Waals surface area (Å²) in [5.41, 5.74) is 7.55. The molecular weight excluding hydrogens is 244 g/mol. The van der Waals surface area contributed by atoms with Crippen molar-refractivity contribution >= 4 is 11.6 Å². The van der Waals surface area contributed by atoms with Crippen LogP contribution in [0.4, 0.5) is 5.69 Å². The molecular formula is C13H16N4O2. The molecule has 2 rings (SSSR count). The number of aromatic nitrogens is 2. The molecule has 0 saturated heterocycles. The number of rotatable bonds is 4. The first kappa shape index (κ1) is 12.9. The van der Waals surface area contributed by atoms with Crippen molar-refractivity contribution in [2.75, 3.05) is 19.4 Å². The summed E-state index contributed by atoms with van der Waals surface area (Å²) in [6.45, 7) is 2.43. The molecule has 0 unspecified atom stereocenters. The zero-order chi connectivity index (χ0) is 13.8. The first-order chi connectivity index (χ1) is 9.17. The standard InChI is InChI=1S/C13H16N4O2/c1-3-19-11-6-4-5-10(12(11)14)17-8-7-9(16-17)13(18)15-2/h4-8H,3,14H2,1-2H3,(H,15,18). The maximum atomic E-state index is 11.5. The number of anilines is 1. The summed E-state index contributed by atoms with van der Waals surface area (Å²) in [4.78, 5) is 11.5. The van der Waals surface area contributed by atoms with E-state index in [1.165, 1.54) is 0 Å². The van der Waals surface area contributed by atoms with Crippen molar-refractivity contribution in [1.29, 1.82) is 0 Å². The van der Waals surface area contributed by atoms with Crippen LogP contribution in [0.3, 0.4) is 0 Å². The molecule has 1 aromatic heterocycles. The van der Waals surface area contributed by atoms with Crippen LogP contribution in [0, 0.1) is 0 Å². The highest BCUT2D eigenvalue weighted by molar-refractivity contribution is 5.92. The first-order valence-corrected chi connectivity index (χ1v) is 5.96. The molecule has 0 aliphatic heterocycles. The fourth-order valence-corrected chi connectivity index (χ4v) is 1.72. The second kappa shape index (κ2) is 5.43. The van der Waals surface area contributed by atoms with Gasteiger partial charge < -0.3 is 15.8 Å². The van der Waals surface area contributed by atoms with Gasteiger partial charge in [-0.3, -0.25) is 4.79 Å². The molecule has 0 atom stereocenters. The second-order valence-corrected chi connectivity index (χ2v) is 3.85. The van der Waals surface area contributed by atoms with Crippen molar-refractivity contribution in [3.05, 3.63) is 36.2 Å². The molecule has 1 aromatic carbocycles. The molecule has 6 heteroatoms. The van der Waals surface area contributed by atoms with Gasteiger partial charge in [-0.1, -0.05) is 6.07 Å². The minimum absolute atomic E-state index is 0.238. The van der Waals surface area contributed by atoms with Gasteiger partial charge in [0.05, 0.1) is 12.3 Å². The van der Waals surface area contributed by atoms with Crippen LogP contribution in [0.15, 0.2) is 30.5 Å². The molecule has 19 heavy (non-hydrogen) atoms. The number of nitrogens with two attached hydrogens (primary N) is 1. The lowest BCUT2D eigenvalue weighted by atomic mass is 10.2. The Hall–Kier alpha value is -2.50. The number of amides is 1. The van der Waals surface area contributed by atoms with Gasteiger partial charge in [-0.2, -0.15) is 5.10 Å². The predicted octanol–water partition coefficient (Wildman–Crippen LogP) is 1.21. The Bertz CT molecular complexity index is 592. The normalized spacial score (nSPS) is 10.2. The number of carbonyl (C=O) groups is 1. The summed E-state index contributed by atoms with van der Waals surface area (Å²) in [5.74, 6) is 0.371. The van der Waals surface area contributed by atoms with Crippen LogP contribution in [-0.2, 0) is 0 Å². The van der Waals surface area contributed by atoms with E-state index < -0.39 is 0 Å². The van der Waals surface area contributed by atoms with E-state index in [2.05, 4.69) is 10.4 Å². The number of nitrogen functional groups attached to an aromatic ring is 1. The average molecular weight is 260 g/mol. The summed E-state index contributed by atoms with van der Waals surface area (Å²) < 4.78 is 6.99. The van der Waals surface area contributed by atoms with E-state index in [4.69, 9.17) is 10.5 Å². The first-order valence-electron chi connectivity index (χ1n) is 5.96. The molecule has 6 nitrogen and oxygen atoms in total. The van der Waals surface area contributed by atoms with E-state index in [9.17, 15) is 4.79 Å². The summed E-state index contributed by atoms with van der Waals surface area (Å²) >= 11 is 0. The maximum absolute atomic E-state index is 11.5. The third-order valence-corrected chi connectivity index (χ3v) is 2.64. The Morgan fingerprint density at radius 3 is 2.95 bits per heavy atom. The number of benzene rings is 1. The van der Waals surface area contributed by atoms with Crippen LogP contribution in [0.1, 0.15) is 17.4 Å². The molecule has 1 amide bonds. The quantitative estimate of drug-likeness (QED) is 0.810. The van der Waals surface area contributed by atoms with Gasteiger partial charge in [0.1, 0.15) is 11.4 Å². The van der Waals surface area contributed by atoms with E-state index in [-0.39, 0.29) is 5.91 Å². The van der Waals surface area contributed by atoms with E-state index in [1.807, 2.05) is 19.1 Å². The topological polar surface area (TPSA) is 82.2 Å². The molecule has 100 valence electrons. The van der Waals surface area contributed by atoms with Gasteiger partial charge in [0.25, 0.3) is 5.91 Å². The number of nitrogens with one attached hydrogen (secondary N) is 1. The number of hydrogen-bond acceptors (Lipinski definition) is 4. The minimum Gasteiger partial charge on any atom is -0.492 e. The third kappa shape index (κ3) is 2.52. The zero-order valence-corrected chi connectivity index (χ0v) is 10.9. The molecule has 0 radical (unpaired) electrons. The SMILES string of the molecule is CCOc1cccc(-n2ccc(C(=O)NC)n2)c1N. The van der Waals surface area contributed by atoms with Gasteiger partial charge in [0.15, 0.2) is 5.69 Å². The van der Waals surface area contributed by atoms with Crippen molar-refractivity contribution in [1.82, 2.24) is 15.1 Å². The Kier molecular flexibility index (Phi) is 3.70. The summed E-state index contributed by atoms with van der Waals surface area (Å²) in [5, 5.41) is 6.70. The average Bonchev–Trinajstić information content (AvgIpc) is 2.90. The van der Waals surface area contributed by atoms with E-state index in [0.717, 1.165) is 0 Å². The molecule has 2 aromatic rings. The predicted molar refractivity (Wildman–Crippen MR) is 72.5 cm³/mol. The molecule has 0 saturated carbocycles. The number of ether oxygens (including phenoxy) is 1. The van der Waals surface area contributed by atoms with Gasteiger partial charge >= 0.3 is 0 Å².